The lowest BCUT2D eigenvalue weighted by atomic mass is 9.98. The van der Waals surface area contributed by atoms with Crippen molar-refractivity contribution >= 4 is 28.4 Å². The van der Waals surface area contributed by atoms with Crippen LogP contribution in [0.3, 0.4) is 0 Å². The van der Waals surface area contributed by atoms with Crippen molar-refractivity contribution in [2.75, 3.05) is 0 Å². The molecule has 0 fully saturated rings. The van der Waals surface area contributed by atoms with Gasteiger partial charge in [-0.15, -0.1) is 0 Å². The molecule has 144 valence electrons. The molecule has 0 N–H and O–H groups in total. The Hall–Kier alpha value is -3.62. The second kappa shape index (κ2) is 7.66. The van der Waals surface area contributed by atoms with E-state index in [1.54, 1.807) is 0 Å². The van der Waals surface area contributed by atoms with E-state index in [1.165, 1.54) is 0 Å². The van der Waals surface area contributed by atoms with Crippen LogP contribution in [-0.4, -0.2) is 10.5 Å². The number of aromatic nitrogens is 1. The van der Waals surface area contributed by atoms with Gasteiger partial charge in [0.05, 0.1) is 11.2 Å². The largest absolute Gasteiger partial charge is 0.275 e. The minimum absolute atomic E-state index is 0.0658. The highest BCUT2D eigenvalue weighted by Crippen LogP contribution is 2.42. The second-order valence-electron chi connectivity index (χ2n) is 7.12. The van der Waals surface area contributed by atoms with Crippen LogP contribution >= 0.6 is 11.6 Å². The van der Waals surface area contributed by atoms with Crippen molar-refractivity contribution in [2.45, 2.75) is 0 Å². The molecule has 1 heterocycles. The highest BCUT2D eigenvalue weighted by Gasteiger charge is 2.24. The minimum atomic E-state index is -0.0658. The molecule has 0 radical (unpaired) electrons. The molecule has 5 rings (SSSR count). The molecule has 3 heteroatoms. The van der Waals surface area contributed by atoms with Crippen LogP contribution in [0.4, 0.5) is 0 Å². The summed E-state index contributed by atoms with van der Waals surface area (Å²) in [4.78, 5) is 13.7. The summed E-state index contributed by atoms with van der Waals surface area (Å²) in [6.07, 6.45) is 0. The first-order chi connectivity index (χ1) is 14.7. The maximum absolute atomic E-state index is 13.7. The summed E-state index contributed by atoms with van der Waals surface area (Å²) in [5.74, 6) is -0.0658. The van der Waals surface area contributed by atoms with Crippen molar-refractivity contribution < 1.29 is 4.79 Å². The number of fused-ring (bicyclic) bond motifs is 1. The molecule has 0 saturated heterocycles. The summed E-state index contributed by atoms with van der Waals surface area (Å²) in [7, 11) is 0. The molecule has 0 aliphatic heterocycles. The molecule has 0 amide bonds. The van der Waals surface area contributed by atoms with Crippen LogP contribution in [0, 0.1) is 0 Å². The summed E-state index contributed by atoms with van der Waals surface area (Å²) < 4.78 is 1.82. The van der Waals surface area contributed by atoms with Crippen LogP contribution in [0.1, 0.15) is 10.4 Å². The van der Waals surface area contributed by atoms with Crippen molar-refractivity contribution in [1.82, 2.24) is 4.57 Å². The second-order valence-corrected chi connectivity index (χ2v) is 7.56. The number of hydrogen-bond donors (Lipinski definition) is 0. The normalized spacial score (nSPS) is 11.0. The topological polar surface area (TPSA) is 22.0 Å². The van der Waals surface area contributed by atoms with E-state index in [0.29, 0.717) is 10.6 Å². The molecule has 2 nitrogen and oxygen atoms in total. The zero-order valence-corrected chi connectivity index (χ0v) is 16.9. The summed E-state index contributed by atoms with van der Waals surface area (Å²) in [5, 5.41) is 1.60. The molecule has 0 saturated carbocycles. The molecule has 1 aromatic heterocycles. The van der Waals surface area contributed by atoms with E-state index in [4.69, 9.17) is 11.6 Å². The molecule has 0 atom stereocenters. The molecule has 30 heavy (non-hydrogen) atoms. The summed E-state index contributed by atoms with van der Waals surface area (Å²) in [6.45, 7) is 0. The predicted octanol–water partition coefficient (Wildman–Crippen LogP) is 7.32. The van der Waals surface area contributed by atoms with Gasteiger partial charge in [0.25, 0.3) is 5.91 Å². The number of rotatable bonds is 3. The molecule has 0 aliphatic rings. The third-order valence-electron chi connectivity index (χ3n) is 5.26. The Morgan fingerprint density at radius 1 is 0.667 bits per heavy atom. The van der Waals surface area contributed by atoms with E-state index < -0.39 is 0 Å². The highest BCUT2D eigenvalue weighted by atomic mass is 35.5. The Balaban J connectivity index is 1.93. The third-order valence-corrected chi connectivity index (χ3v) is 5.50. The van der Waals surface area contributed by atoms with Gasteiger partial charge in [-0.05, 0) is 41.5 Å². The van der Waals surface area contributed by atoms with Crippen LogP contribution in [0.5, 0.6) is 0 Å². The Bertz CT molecular complexity index is 1340. The quantitative estimate of drug-likeness (QED) is 0.307. The maximum Gasteiger partial charge on any atom is 0.262 e. The van der Waals surface area contributed by atoms with Gasteiger partial charge in [-0.1, -0.05) is 90.5 Å². The lowest BCUT2D eigenvalue weighted by Crippen LogP contribution is -2.13. The fourth-order valence-electron chi connectivity index (χ4n) is 3.95. The van der Waals surface area contributed by atoms with E-state index in [1.807, 2.05) is 102 Å². The van der Waals surface area contributed by atoms with Crippen molar-refractivity contribution in [3.05, 3.63) is 120 Å². The summed E-state index contributed by atoms with van der Waals surface area (Å²) in [6, 6.07) is 35.3. The maximum atomic E-state index is 13.7. The van der Waals surface area contributed by atoms with Gasteiger partial charge in [-0.25, -0.2) is 0 Å². The van der Waals surface area contributed by atoms with Gasteiger partial charge in [-0.2, -0.15) is 0 Å². The first-order valence-electron chi connectivity index (χ1n) is 9.78. The van der Waals surface area contributed by atoms with Crippen molar-refractivity contribution in [3.63, 3.8) is 0 Å². The van der Waals surface area contributed by atoms with Crippen LogP contribution in [-0.2, 0) is 0 Å². The van der Waals surface area contributed by atoms with Gasteiger partial charge in [0.15, 0.2) is 0 Å². The molecule has 5 aromatic rings. The SMILES string of the molecule is O=C(c1ccccc1)n1c(-c2ccccc2)c(-c2ccccc2)c2cc(Cl)ccc21. The fourth-order valence-corrected chi connectivity index (χ4v) is 4.12. The Labute approximate surface area is 180 Å². The number of carbonyl (C=O) groups is 1. The summed E-state index contributed by atoms with van der Waals surface area (Å²) in [5.41, 5.74) is 5.37. The Kier molecular flexibility index (Phi) is 4.70. The molecule has 0 bridgehead atoms. The molecule has 4 aromatic carbocycles. The van der Waals surface area contributed by atoms with E-state index >= 15 is 0 Å². The van der Waals surface area contributed by atoms with Crippen LogP contribution in [0.2, 0.25) is 5.02 Å². The van der Waals surface area contributed by atoms with E-state index in [9.17, 15) is 4.79 Å². The van der Waals surface area contributed by atoms with E-state index in [0.717, 1.165) is 33.3 Å². The van der Waals surface area contributed by atoms with Crippen molar-refractivity contribution in [2.24, 2.45) is 0 Å². The van der Waals surface area contributed by atoms with Gasteiger partial charge in [0.1, 0.15) is 0 Å². The number of carbonyl (C=O) groups excluding carboxylic acids is 1. The number of halogens is 1. The third kappa shape index (κ3) is 3.12. The zero-order valence-electron chi connectivity index (χ0n) is 16.1. The number of hydrogen-bond acceptors (Lipinski definition) is 1. The molecular weight excluding hydrogens is 390 g/mol. The van der Waals surface area contributed by atoms with Gasteiger partial charge < -0.3 is 0 Å². The van der Waals surface area contributed by atoms with Crippen LogP contribution in [0.25, 0.3) is 33.3 Å². The molecule has 0 aliphatic carbocycles. The van der Waals surface area contributed by atoms with Crippen LogP contribution < -0.4 is 0 Å². The average Bonchev–Trinajstić information content (AvgIpc) is 3.14. The van der Waals surface area contributed by atoms with Gasteiger partial charge in [0, 0.05) is 21.5 Å². The van der Waals surface area contributed by atoms with Gasteiger partial charge in [0.2, 0.25) is 0 Å². The first-order valence-corrected chi connectivity index (χ1v) is 10.2. The van der Waals surface area contributed by atoms with E-state index in [2.05, 4.69) is 12.1 Å². The average molecular weight is 408 g/mol. The smallest absolute Gasteiger partial charge is 0.262 e. The Morgan fingerprint density at radius 2 is 1.23 bits per heavy atom. The van der Waals surface area contributed by atoms with Crippen molar-refractivity contribution in [1.29, 1.82) is 0 Å². The highest BCUT2D eigenvalue weighted by molar-refractivity contribution is 6.31. The van der Waals surface area contributed by atoms with Gasteiger partial charge >= 0.3 is 0 Å². The first kappa shape index (κ1) is 18.4. The molecule has 0 spiro atoms. The minimum Gasteiger partial charge on any atom is -0.275 e. The summed E-state index contributed by atoms with van der Waals surface area (Å²) >= 11 is 6.39. The Morgan fingerprint density at radius 3 is 1.87 bits per heavy atom. The van der Waals surface area contributed by atoms with Crippen LogP contribution in [0.15, 0.2) is 109 Å². The zero-order chi connectivity index (χ0) is 20.5. The number of nitrogens with zero attached hydrogens (tertiary/aromatic N) is 1. The van der Waals surface area contributed by atoms with Gasteiger partial charge in [-0.3, -0.25) is 9.36 Å². The predicted molar refractivity (Wildman–Crippen MR) is 124 cm³/mol. The van der Waals surface area contributed by atoms with Crippen molar-refractivity contribution in [3.8, 4) is 22.4 Å². The van der Waals surface area contributed by atoms with E-state index in [-0.39, 0.29) is 5.91 Å². The molecule has 0 unspecified atom stereocenters. The standard InChI is InChI=1S/C27H18ClNO/c28-22-16-17-24-23(18-22)25(19-10-4-1-5-11-19)26(20-12-6-2-7-13-20)29(24)27(30)21-14-8-3-9-15-21/h1-18H. The number of benzene rings is 4. The lowest BCUT2D eigenvalue weighted by molar-refractivity contribution is 0.0967. The monoisotopic (exact) mass is 407 g/mol. The molecular formula is C27H18ClNO. The lowest BCUT2D eigenvalue weighted by Gasteiger charge is -2.12. The fraction of sp³-hybridized carbons (Fsp3) is 0.